The minimum atomic E-state index is -0.509. The Morgan fingerprint density at radius 1 is 1.15 bits per heavy atom. The van der Waals surface area contributed by atoms with E-state index in [9.17, 15) is 4.21 Å². The van der Waals surface area contributed by atoms with E-state index >= 15 is 0 Å². The van der Waals surface area contributed by atoms with Gasteiger partial charge in [-0.2, -0.15) is 11.8 Å². The van der Waals surface area contributed by atoms with E-state index in [1.165, 1.54) is 17.9 Å². The van der Waals surface area contributed by atoms with E-state index in [1.54, 1.807) is 0 Å². The molecule has 0 saturated carbocycles. The molecular formula is C9H17NOS2. The number of hydrogen-bond acceptors (Lipinski definition) is 3. The van der Waals surface area contributed by atoms with Crippen LogP contribution in [0.2, 0.25) is 0 Å². The lowest BCUT2D eigenvalue weighted by Crippen LogP contribution is -2.42. The minimum absolute atomic E-state index is 0.509. The van der Waals surface area contributed by atoms with Crippen molar-refractivity contribution in [3.63, 3.8) is 0 Å². The van der Waals surface area contributed by atoms with Crippen molar-refractivity contribution in [3.8, 4) is 0 Å². The molecule has 1 N–H and O–H groups in total. The Kier molecular flexibility index (Phi) is 3.69. The molecule has 0 aromatic rings. The van der Waals surface area contributed by atoms with E-state index < -0.39 is 10.8 Å². The highest BCUT2D eigenvalue weighted by Crippen LogP contribution is 2.19. The molecule has 2 saturated heterocycles. The van der Waals surface area contributed by atoms with Crippen molar-refractivity contribution in [2.45, 2.75) is 31.3 Å². The van der Waals surface area contributed by atoms with Crippen molar-refractivity contribution in [1.29, 1.82) is 0 Å². The Labute approximate surface area is 86.7 Å². The summed E-state index contributed by atoms with van der Waals surface area (Å²) in [7, 11) is -0.509. The molecule has 2 aliphatic rings. The van der Waals surface area contributed by atoms with E-state index in [-0.39, 0.29) is 0 Å². The highest BCUT2D eigenvalue weighted by atomic mass is 32.2. The van der Waals surface area contributed by atoms with Crippen LogP contribution in [0, 0.1) is 0 Å². The molecule has 0 aromatic heterocycles. The molecule has 0 radical (unpaired) electrons. The zero-order valence-corrected chi connectivity index (χ0v) is 9.46. The van der Waals surface area contributed by atoms with E-state index in [2.05, 4.69) is 5.32 Å². The average molecular weight is 219 g/mol. The third kappa shape index (κ3) is 2.96. The van der Waals surface area contributed by atoms with Crippen molar-refractivity contribution in [2.24, 2.45) is 0 Å². The van der Waals surface area contributed by atoms with Crippen LogP contribution in [0.5, 0.6) is 0 Å². The molecule has 0 aromatic carbocycles. The second kappa shape index (κ2) is 4.80. The van der Waals surface area contributed by atoms with Crippen LogP contribution in [0.4, 0.5) is 0 Å². The predicted molar refractivity (Wildman–Crippen MR) is 59.8 cm³/mol. The molecule has 4 heteroatoms. The molecule has 2 rings (SSSR count). The second-order valence-electron chi connectivity index (χ2n) is 3.85. The first kappa shape index (κ1) is 9.99. The fraction of sp³-hybridized carbons (Fsp3) is 1.00. The zero-order chi connectivity index (χ0) is 9.10. The number of rotatable bonds is 2. The number of thioether (sulfide) groups is 1. The summed E-state index contributed by atoms with van der Waals surface area (Å²) in [6.07, 6.45) is 3.56. The molecular weight excluding hydrogens is 202 g/mol. The van der Waals surface area contributed by atoms with Crippen LogP contribution >= 0.6 is 11.8 Å². The van der Waals surface area contributed by atoms with Crippen LogP contribution in [0.15, 0.2) is 0 Å². The summed E-state index contributed by atoms with van der Waals surface area (Å²) in [5, 5.41) is 3.68. The van der Waals surface area contributed by atoms with Crippen molar-refractivity contribution >= 4 is 22.6 Å². The van der Waals surface area contributed by atoms with Crippen LogP contribution in [-0.2, 0) is 10.8 Å². The lowest BCUT2D eigenvalue weighted by molar-refractivity contribution is 0.423. The Morgan fingerprint density at radius 2 is 1.92 bits per heavy atom. The summed E-state index contributed by atoms with van der Waals surface area (Å²) >= 11 is 2.05. The maximum atomic E-state index is 11.1. The van der Waals surface area contributed by atoms with Gasteiger partial charge in [0.2, 0.25) is 0 Å². The highest BCUT2D eigenvalue weighted by Gasteiger charge is 2.22. The molecule has 2 heterocycles. The maximum absolute atomic E-state index is 11.1. The average Bonchev–Trinajstić information content (AvgIpc) is 2.62. The number of hydrogen-bond donors (Lipinski definition) is 1. The van der Waals surface area contributed by atoms with Gasteiger partial charge in [0, 0.05) is 40.1 Å². The molecule has 0 bridgehead atoms. The van der Waals surface area contributed by atoms with E-state index in [0.717, 1.165) is 30.4 Å². The molecule has 76 valence electrons. The molecule has 0 aliphatic carbocycles. The Bertz CT molecular complexity index is 182. The summed E-state index contributed by atoms with van der Waals surface area (Å²) in [5.74, 6) is 4.42. The standard InChI is InChI=1S/C9H17NOS2/c11-13-5-2-8(3-6-13)10-9-1-4-12-7-9/h8-10H,1-7H2. The molecule has 0 amide bonds. The van der Waals surface area contributed by atoms with Gasteiger partial charge in [0.05, 0.1) is 0 Å². The van der Waals surface area contributed by atoms with Gasteiger partial charge in [0.25, 0.3) is 0 Å². The second-order valence-corrected chi connectivity index (χ2v) is 6.70. The van der Waals surface area contributed by atoms with Gasteiger partial charge in [-0.15, -0.1) is 0 Å². The van der Waals surface area contributed by atoms with Gasteiger partial charge in [0.15, 0.2) is 0 Å². The summed E-state index contributed by atoms with van der Waals surface area (Å²) in [4.78, 5) is 0. The normalized spacial score (nSPS) is 40.8. The molecule has 13 heavy (non-hydrogen) atoms. The van der Waals surface area contributed by atoms with E-state index in [1.807, 2.05) is 11.8 Å². The fourth-order valence-corrected chi connectivity index (χ4v) is 4.42. The van der Waals surface area contributed by atoms with Crippen molar-refractivity contribution in [2.75, 3.05) is 23.0 Å². The Balaban J connectivity index is 1.72. The van der Waals surface area contributed by atoms with E-state index in [0.29, 0.717) is 6.04 Å². The lowest BCUT2D eigenvalue weighted by Gasteiger charge is -2.25. The van der Waals surface area contributed by atoms with Crippen LogP contribution in [0.3, 0.4) is 0 Å². The zero-order valence-electron chi connectivity index (χ0n) is 7.83. The molecule has 1 unspecified atom stereocenters. The lowest BCUT2D eigenvalue weighted by atomic mass is 10.1. The summed E-state index contributed by atoms with van der Waals surface area (Å²) < 4.78 is 11.1. The van der Waals surface area contributed by atoms with Gasteiger partial charge < -0.3 is 5.32 Å². The largest absolute Gasteiger partial charge is 0.310 e. The molecule has 2 nitrogen and oxygen atoms in total. The quantitative estimate of drug-likeness (QED) is 0.751. The van der Waals surface area contributed by atoms with E-state index in [4.69, 9.17) is 0 Å². The summed E-state index contributed by atoms with van der Waals surface area (Å²) in [5.41, 5.74) is 0. The van der Waals surface area contributed by atoms with Crippen molar-refractivity contribution < 1.29 is 4.21 Å². The van der Waals surface area contributed by atoms with Gasteiger partial charge in [-0.3, -0.25) is 4.21 Å². The SMILES string of the molecule is O=S1CCC(NC2CCSC2)CC1. The Morgan fingerprint density at radius 3 is 2.54 bits per heavy atom. The fourth-order valence-electron chi connectivity index (χ4n) is 1.96. The molecule has 0 spiro atoms. The first-order chi connectivity index (χ1) is 6.34. The third-order valence-corrected chi connectivity index (χ3v) is 5.33. The Hall–Kier alpha value is 0.460. The minimum Gasteiger partial charge on any atom is -0.310 e. The van der Waals surface area contributed by atoms with Gasteiger partial charge in [-0.05, 0) is 25.0 Å². The monoisotopic (exact) mass is 219 g/mol. The predicted octanol–water partition coefficient (Wildman–Crippen LogP) is 0.993. The molecule has 1 atom stereocenters. The maximum Gasteiger partial charge on any atom is 0.0249 e. The third-order valence-electron chi connectivity index (χ3n) is 2.79. The summed E-state index contributed by atoms with van der Waals surface area (Å²) in [6, 6.07) is 1.39. The van der Waals surface area contributed by atoms with Crippen LogP contribution in [0.25, 0.3) is 0 Å². The van der Waals surface area contributed by atoms with Gasteiger partial charge in [0.1, 0.15) is 0 Å². The van der Waals surface area contributed by atoms with Crippen molar-refractivity contribution in [3.05, 3.63) is 0 Å². The molecule has 2 aliphatic heterocycles. The number of nitrogens with one attached hydrogen (secondary N) is 1. The van der Waals surface area contributed by atoms with Gasteiger partial charge in [-0.1, -0.05) is 0 Å². The first-order valence-corrected chi connectivity index (χ1v) is 7.67. The van der Waals surface area contributed by atoms with Crippen LogP contribution in [0.1, 0.15) is 19.3 Å². The smallest absolute Gasteiger partial charge is 0.0249 e. The van der Waals surface area contributed by atoms with Crippen molar-refractivity contribution in [1.82, 2.24) is 5.32 Å². The van der Waals surface area contributed by atoms with Crippen LogP contribution < -0.4 is 5.32 Å². The van der Waals surface area contributed by atoms with Crippen LogP contribution in [-0.4, -0.2) is 39.3 Å². The topological polar surface area (TPSA) is 29.1 Å². The molecule has 2 fully saturated rings. The first-order valence-electron chi connectivity index (χ1n) is 5.03. The van der Waals surface area contributed by atoms with Gasteiger partial charge in [-0.25, -0.2) is 0 Å². The summed E-state index contributed by atoms with van der Waals surface area (Å²) in [6.45, 7) is 0. The highest BCUT2D eigenvalue weighted by molar-refractivity contribution is 7.99. The van der Waals surface area contributed by atoms with Gasteiger partial charge >= 0.3 is 0 Å².